The molecule has 0 heterocycles. The first-order valence-electron chi connectivity index (χ1n) is 4.80. The van der Waals surface area contributed by atoms with Crippen molar-refractivity contribution in [2.75, 3.05) is 6.54 Å². The van der Waals surface area contributed by atoms with Crippen LogP contribution in [0, 0.1) is 6.92 Å². The summed E-state index contributed by atoms with van der Waals surface area (Å²) in [6.07, 6.45) is 2.26. The first kappa shape index (κ1) is 10.3. The second-order valence-electron chi connectivity index (χ2n) is 3.33. The van der Waals surface area contributed by atoms with E-state index in [1.165, 1.54) is 5.56 Å². The van der Waals surface area contributed by atoms with E-state index in [-0.39, 0.29) is 0 Å². The molecule has 0 unspecified atom stereocenters. The van der Waals surface area contributed by atoms with Crippen molar-refractivity contribution in [1.82, 2.24) is 5.32 Å². The topological polar surface area (TPSA) is 12.0 Å². The van der Waals surface area contributed by atoms with Gasteiger partial charge >= 0.3 is 0 Å². The fourth-order valence-electron chi connectivity index (χ4n) is 1.33. The lowest BCUT2D eigenvalue weighted by molar-refractivity contribution is 0.542. The van der Waals surface area contributed by atoms with Gasteiger partial charge in [0.2, 0.25) is 0 Å². The van der Waals surface area contributed by atoms with E-state index >= 15 is 0 Å². The van der Waals surface area contributed by atoms with Crippen molar-refractivity contribution in [2.24, 2.45) is 0 Å². The molecule has 1 N–H and O–H groups in total. The van der Waals surface area contributed by atoms with Gasteiger partial charge in [-0.1, -0.05) is 30.3 Å². The van der Waals surface area contributed by atoms with Crippen molar-refractivity contribution in [3.63, 3.8) is 0 Å². The van der Waals surface area contributed by atoms with Gasteiger partial charge in [0.1, 0.15) is 0 Å². The minimum atomic E-state index is 0.505. The summed E-state index contributed by atoms with van der Waals surface area (Å²) < 4.78 is 0. The molecular weight excluding hydrogens is 158 g/mol. The zero-order valence-electron chi connectivity index (χ0n) is 8.16. The monoisotopic (exact) mass is 175 g/mol. The molecule has 0 saturated heterocycles. The molecule has 0 aromatic heterocycles. The predicted octanol–water partition coefficient (Wildman–Crippen LogP) is 2.31. The van der Waals surface area contributed by atoms with Crippen molar-refractivity contribution in [1.29, 1.82) is 0 Å². The second-order valence-corrected chi connectivity index (χ2v) is 3.33. The molecule has 0 aliphatic heterocycles. The van der Waals surface area contributed by atoms with Gasteiger partial charge in [0.05, 0.1) is 0 Å². The van der Waals surface area contributed by atoms with Crippen molar-refractivity contribution in [2.45, 2.75) is 25.8 Å². The van der Waals surface area contributed by atoms with Gasteiger partial charge in [-0.05, 0) is 38.8 Å². The summed E-state index contributed by atoms with van der Waals surface area (Å²) in [6.45, 7) is 8.12. The molecule has 70 valence electrons. The molecule has 0 saturated carbocycles. The molecule has 1 atom stereocenters. The molecule has 13 heavy (non-hydrogen) atoms. The Hall–Kier alpha value is -0.820. The van der Waals surface area contributed by atoms with Crippen LogP contribution >= 0.6 is 0 Å². The van der Waals surface area contributed by atoms with Gasteiger partial charge in [0, 0.05) is 6.04 Å². The van der Waals surface area contributed by atoms with Gasteiger partial charge < -0.3 is 5.32 Å². The minimum Gasteiger partial charge on any atom is -0.314 e. The number of benzene rings is 1. The summed E-state index contributed by atoms with van der Waals surface area (Å²) in [5.74, 6) is 0. The van der Waals surface area contributed by atoms with Gasteiger partial charge in [-0.2, -0.15) is 0 Å². The van der Waals surface area contributed by atoms with Crippen molar-refractivity contribution < 1.29 is 0 Å². The summed E-state index contributed by atoms with van der Waals surface area (Å²) in [7, 11) is 0. The van der Waals surface area contributed by atoms with E-state index in [1.807, 2.05) is 6.07 Å². The molecule has 0 aliphatic rings. The fraction of sp³-hybridized carbons (Fsp3) is 0.417. The predicted molar refractivity (Wildman–Crippen MR) is 56.5 cm³/mol. The van der Waals surface area contributed by atoms with Crippen LogP contribution in [-0.2, 0) is 6.42 Å². The van der Waals surface area contributed by atoms with E-state index in [1.54, 1.807) is 0 Å². The van der Waals surface area contributed by atoms with Crippen LogP contribution in [-0.4, -0.2) is 12.6 Å². The average molecular weight is 175 g/mol. The molecule has 0 amide bonds. The average Bonchev–Trinajstić information content (AvgIpc) is 2.17. The largest absolute Gasteiger partial charge is 0.314 e. The van der Waals surface area contributed by atoms with E-state index in [9.17, 15) is 0 Å². The van der Waals surface area contributed by atoms with Crippen LogP contribution < -0.4 is 5.32 Å². The highest BCUT2D eigenvalue weighted by molar-refractivity contribution is 5.14. The highest BCUT2D eigenvalue weighted by Gasteiger charge is 1.99. The molecule has 2 radical (unpaired) electrons. The third kappa shape index (κ3) is 4.09. The fourth-order valence-corrected chi connectivity index (χ4v) is 1.33. The maximum Gasteiger partial charge on any atom is 0.00420 e. The highest BCUT2D eigenvalue weighted by Crippen LogP contribution is 2.04. The number of rotatable bonds is 5. The number of hydrogen-bond acceptors (Lipinski definition) is 1. The quantitative estimate of drug-likeness (QED) is 0.724. The second kappa shape index (κ2) is 5.76. The van der Waals surface area contributed by atoms with Gasteiger partial charge in [-0.15, -0.1) is 0 Å². The molecule has 0 bridgehead atoms. The van der Waals surface area contributed by atoms with E-state index in [0.29, 0.717) is 12.6 Å². The zero-order valence-corrected chi connectivity index (χ0v) is 8.16. The van der Waals surface area contributed by atoms with E-state index in [0.717, 1.165) is 12.8 Å². The maximum absolute atomic E-state index is 5.39. The highest BCUT2D eigenvalue weighted by atomic mass is 14.9. The number of hydrogen-bond donors (Lipinski definition) is 1. The van der Waals surface area contributed by atoms with Crippen LogP contribution in [0.15, 0.2) is 30.3 Å². The Morgan fingerprint density at radius 2 is 2.00 bits per heavy atom. The van der Waals surface area contributed by atoms with Crippen LogP contribution in [0.1, 0.15) is 18.9 Å². The van der Waals surface area contributed by atoms with Crippen LogP contribution in [0.3, 0.4) is 0 Å². The normalized spacial score (nSPS) is 12.8. The Morgan fingerprint density at radius 3 is 2.62 bits per heavy atom. The van der Waals surface area contributed by atoms with Gasteiger partial charge in [-0.3, -0.25) is 0 Å². The third-order valence-corrected chi connectivity index (χ3v) is 2.18. The third-order valence-electron chi connectivity index (χ3n) is 2.18. The Labute approximate surface area is 81.2 Å². The summed E-state index contributed by atoms with van der Waals surface area (Å²) in [6, 6.07) is 11.0. The molecule has 0 spiro atoms. The molecule has 0 fully saturated rings. The van der Waals surface area contributed by atoms with Crippen LogP contribution in [0.5, 0.6) is 0 Å². The summed E-state index contributed by atoms with van der Waals surface area (Å²) in [5, 5.41) is 3.19. The molecular formula is C12H17N. The molecule has 1 aromatic rings. The van der Waals surface area contributed by atoms with Crippen molar-refractivity contribution >= 4 is 0 Å². The summed E-state index contributed by atoms with van der Waals surface area (Å²) >= 11 is 0. The Balaban J connectivity index is 2.27. The standard InChI is InChI=1S/C12H17N/c1-3-13-11(2)9-10-12-7-5-4-6-8-12/h1,4-8,11,13H,3,9-10H2,2H3/t11-/m1/s1. The van der Waals surface area contributed by atoms with Gasteiger partial charge in [0.15, 0.2) is 0 Å². The number of aryl methyl sites for hydroxylation is 1. The lowest BCUT2D eigenvalue weighted by atomic mass is 10.1. The van der Waals surface area contributed by atoms with Gasteiger partial charge in [-0.25, -0.2) is 0 Å². The van der Waals surface area contributed by atoms with E-state index in [4.69, 9.17) is 6.92 Å². The maximum atomic E-state index is 5.39. The van der Waals surface area contributed by atoms with E-state index in [2.05, 4.69) is 36.5 Å². The van der Waals surface area contributed by atoms with Crippen LogP contribution in [0.25, 0.3) is 0 Å². The molecule has 1 aromatic carbocycles. The van der Waals surface area contributed by atoms with Crippen LogP contribution in [0.4, 0.5) is 0 Å². The lowest BCUT2D eigenvalue weighted by Crippen LogP contribution is -2.25. The molecule has 0 aliphatic carbocycles. The Morgan fingerprint density at radius 1 is 1.31 bits per heavy atom. The van der Waals surface area contributed by atoms with Gasteiger partial charge in [0.25, 0.3) is 0 Å². The summed E-state index contributed by atoms with van der Waals surface area (Å²) in [5.41, 5.74) is 1.40. The molecule has 1 heteroatoms. The minimum absolute atomic E-state index is 0.505. The first-order valence-corrected chi connectivity index (χ1v) is 4.80. The van der Waals surface area contributed by atoms with Crippen molar-refractivity contribution in [3.8, 4) is 0 Å². The molecule has 1 nitrogen and oxygen atoms in total. The number of nitrogens with one attached hydrogen (secondary N) is 1. The summed E-state index contributed by atoms with van der Waals surface area (Å²) in [4.78, 5) is 0. The first-order chi connectivity index (χ1) is 6.33. The zero-order chi connectivity index (χ0) is 9.52. The van der Waals surface area contributed by atoms with E-state index < -0.39 is 0 Å². The van der Waals surface area contributed by atoms with Crippen molar-refractivity contribution in [3.05, 3.63) is 42.8 Å². The Kier molecular flexibility index (Phi) is 4.55. The SMILES string of the molecule is [CH]CN[C@H](C)CCc1ccccc1. The van der Waals surface area contributed by atoms with Crippen LogP contribution in [0.2, 0.25) is 0 Å². The Bertz CT molecular complexity index is 218. The lowest BCUT2D eigenvalue weighted by Gasteiger charge is -2.11. The smallest absolute Gasteiger partial charge is 0.00420 e. The molecule has 1 rings (SSSR count).